The van der Waals surface area contributed by atoms with Gasteiger partial charge in [0.05, 0.1) is 11.4 Å². The summed E-state index contributed by atoms with van der Waals surface area (Å²) in [7, 11) is 0. The summed E-state index contributed by atoms with van der Waals surface area (Å²) in [4.78, 5) is 4.64. The smallest absolute Gasteiger partial charge is 0.183 e. The third-order valence-corrected chi connectivity index (χ3v) is 3.64. The van der Waals surface area contributed by atoms with E-state index >= 15 is 0 Å². The highest BCUT2D eigenvalue weighted by molar-refractivity contribution is 9.10. The molecule has 0 atom stereocenters. The second-order valence-electron chi connectivity index (χ2n) is 5.08. The third-order valence-electron chi connectivity index (χ3n) is 3.15. The third kappa shape index (κ3) is 2.88. The first-order valence-corrected chi connectivity index (χ1v) is 7.59. The van der Waals surface area contributed by atoms with Crippen molar-refractivity contribution < 1.29 is 0 Å². The van der Waals surface area contributed by atoms with Crippen molar-refractivity contribution in [1.29, 1.82) is 0 Å². The Morgan fingerprint density at radius 1 is 1.10 bits per heavy atom. The van der Waals surface area contributed by atoms with Gasteiger partial charge in [-0.3, -0.25) is 4.40 Å². The predicted octanol–water partition coefficient (Wildman–Crippen LogP) is 5.64. The zero-order valence-electron chi connectivity index (χ0n) is 11.9. The van der Waals surface area contributed by atoms with E-state index in [9.17, 15) is 0 Å². The predicted molar refractivity (Wildman–Crippen MR) is 87.6 cm³/mol. The van der Waals surface area contributed by atoms with Gasteiger partial charge >= 0.3 is 0 Å². The van der Waals surface area contributed by atoms with Gasteiger partial charge in [-0.2, -0.15) is 0 Å². The number of pyridine rings is 1. The first kappa shape index (κ1) is 13.9. The molecule has 0 bridgehead atoms. The van der Waals surface area contributed by atoms with Gasteiger partial charge in [-0.15, -0.1) is 10.2 Å². The molecule has 5 heteroatoms. The fourth-order valence-electron chi connectivity index (χ4n) is 2.13. The summed E-state index contributed by atoms with van der Waals surface area (Å²) >= 11 is 3.44. The Morgan fingerprint density at radius 3 is 2.71 bits per heavy atom. The number of nitrogens with zero attached hydrogens (tertiary/aromatic N) is 4. The van der Waals surface area contributed by atoms with Gasteiger partial charge in [-0.25, -0.2) is 4.98 Å². The standard InChI is InChI=1S/C16H15BrN4/c1-11(2)15-16(21-9-4-3-8-14(21)18-15)20-19-13-7-5-6-12(17)10-13/h3-11H,1-2H3. The molecule has 0 radical (unpaired) electrons. The van der Waals surface area contributed by atoms with Crippen molar-refractivity contribution in [3.05, 3.63) is 58.8 Å². The van der Waals surface area contributed by atoms with E-state index in [-0.39, 0.29) is 0 Å². The summed E-state index contributed by atoms with van der Waals surface area (Å²) in [5.74, 6) is 1.09. The van der Waals surface area contributed by atoms with Crippen LogP contribution in [0.15, 0.2) is 63.4 Å². The molecule has 0 unspecified atom stereocenters. The van der Waals surface area contributed by atoms with Crippen LogP contribution in [0.3, 0.4) is 0 Å². The average molecular weight is 343 g/mol. The van der Waals surface area contributed by atoms with Gasteiger partial charge in [0.15, 0.2) is 5.82 Å². The topological polar surface area (TPSA) is 42.0 Å². The van der Waals surface area contributed by atoms with Crippen LogP contribution in [0.1, 0.15) is 25.5 Å². The van der Waals surface area contributed by atoms with Crippen molar-refractivity contribution in [2.45, 2.75) is 19.8 Å². The quantitative estimate of drug-likeness (QED) is 0.568. The number of imidazole rings is 1. The van der Waals surface area contributed by atoms with Crippen molar-refractivity contribution in [2.24, 2.45) is 10.2 Å². The molecule has 2 aromatic heterocycles. The van der Waals surface area contributed by atoms with Crippen LogP contribution in [0.5, 0.6) is 0 Å². The van der Waals surface area contributed by atoms with Crippen molar-refractivity contribution in [3.63, 3.8) is 0 Å². The van der Waals surface area contributed by atoms with E-state index in [1.54, 1.807) is 0 Å². The lowest BCUT2D eigenvalue weighted by atomic mass is 10.1. The Balaban J connectivity index is 2.08. The van der Waals surface area contributed by atoms with Gasteiger partial charge in [0, 0.05) is 10.7 Å². The van der Waals surface area contributed by atoms with Crippen LogP contribution in [0.2, 0.25) is 0 Å². The molecule has 0 aliphatic heterocycles. The number of hydrogen-bond acceptors (Lipinski definition) is 3. The molecule has 21 heavy (non-hydrogen) atoms. The number of aromatic nitrogens is 2. The minimum absolute atomic E-state index is 0.293. The lowest BCUT2D eigenvalue weighted by Crippen LogP contribution is -1.87. The normalized spacial score (nSPS) is 11.8. The largest absolute Gasteiger partial charge is 0.283 e. The monoisotopic (exact) mass is 342 g/mol. The minimum Gasteiger partial charge on any atom is -0.283 e. The van der Waals surface area contributed by atoms with E-state index in [1.807, 2.05) is 53.1 Å². The van der Waals surface area contributed by atoms with E-state index < -0.39 is 0 Å². The maximum absolute atomic E-state index is 4.64. The number of fused-ring (bicyclic) bond motifs is 1. The zero-order valence-corrected chi connectivity index (χ0v) is 13.4. The van der Waals surface area contributed by atoms with Crippen molar-refractivity contribution in [1.82, 2.24) is 9.38 Å². The molecule has 0 fully saturated rings. The molecule has 0 aliphatic carbocycles. The maximum atomic E-state index is 4.64. The molecule has 0 N–H and O–H groups in total. The highest BCUT2D eigenvalue weighted by Crippen LogP contribution is 2.29. The van der Waals surface area contributed by atoms with Crippen LogP contribution in [0, 0.1) is 0 Å². The van der Waals surface area contributed by atoms with Gasteiger partial charge in [0.1, 0.15) is 5.65 Å². The maximum Gasteiger partial charge on any atom is 0.183 e. The Morgan fingerprint density at radius 2 is 1.95 bits per heavy atom. The molecule has 1 aromatic carbocycles. The fourth-order valence-corrected chi connectivity index (χ4v) is 2.52. The number of azo groups is 1. The van der Waals surface area contributed by atoms with Gasteiger partial charge in [-0.05, 0) is 36.2 Å². The van der Waals surface area contributed by atoms with E-state index in [4.69, 9.17) is 0 Å². The summed E-state index contributed by atoms with van der Waals surface area (Å²) in [6.07, 6.45) is 1.96. The van der Waals surface area contributed by atoms with Crippen LogP contribution >= 0.6 is 15.9 Å². The summed E-state index contributed by atoms with van der Waals surface area (Å²) in [5, 5.41) is 8.77. The summed E-state index contributed by atoms with van der Waals surface area (Å²) in [6, 6.07) is 13.7. The first-order valence-electron chi connectivity index (χ1n) is 6.79. The Hall–Kier alpha value is -2.01. The molecule has 0 amide bonds. The van der Waals surface area contributed by atoms with E-state index in [2.05, 4.69) is 45.0 Å². The lowest BCUT2D eigenvalue weighted by Gasteiger charge is -2.01. The first-order chi connectivity index (χ1) is 10.1. The SMILES string of the molecule is CC(C)c1nc2ccccn2c1N=Nc1cccc(Br)c1. The molecule has 2 heterocycles. The van der Waals surface area contributed by atoms with Crippen molar-refractivity contribution in [2.75, 3.05) is 0 Å². The molecule has 3 aromatic rings. The Labute approximate surface area is 131 Å². The average Bonchev–Trinajstić information content (AvgIpc) is 2.84. The molecule has 0 aliphatic rings. The number of rotatable bonds is 3. The van der Waals surface area contributed by atoms with Gasteiger partial charge in [0.2, 0.25) is 0 Å². The van der Waals surface area contributed by atoms with Crippen LogP contribution in [0.25, 0.3) is 5.65 Å². The Bertz CT molecular complexity index is 805. The molecular formula is C16H15BrN4. The summed E-state index contributed by atoms with van der Waals surface area (Å²) in [6.45, 7) is 4.22. The van der Waals surface area contributed by atoms with Crippen LogP contribution in [-0.2, 0) is 0 Å². The van der Waals surface area contributed by atoms with Crippen LogP contribution in [-0.4, -0.2) is 9.38 Å². The van der Waals surface area contributed by atoms with Crippen molar-refractivity contribution >= 4 is 33.1 Å². The number of benzene rings is 1. The fraction of sp³-hybridized carbons (Fsp3) is 0.188. The lowest BCUT2D eigenvalue weighted by molar-refractivity contribution is 0.831. The van der Waals surface area contributed by atoms with E-state index in [0.717, 1.165) is 27.3 Å². The number of halogens is 1. The van der Waals surface area contributed by atoms with Crippen LogP contribution in [0.4, 0.5) is 11.5 Å². The molecule has 0 saturated heterocycles. The minimum atomic E-state index is 0.293. The molecule has 3 rings (SSSR count). The molecule has 0 spiro atoms. The van der Waals surface area contributed by atoms with Gasteiger partial charge < -0.3 is 0 Å². The second kappa shape index (κ2) is 5.77. The highest BCUT2D eigenvalue weighted by Gasteiger charge is 2.14. The molecule has 0 saturated carbocycles. The molecular weight excluding hydrogens is 328 g/mol. The van der Waals surface area contributed by atoms with E-state index in [1.165, 1.54) is 0 Å². The molecule has 106 valence electrons. The molecule has 4 nitrogen and oxygen atoms in total. The zero-order chi connectivity index (χ0) is 14.8. The summed E-state index contributed by atoms with van der Waals surface area (Å²) in [5.41, 5.74) is 2.66. The van der Waals surface area contributed by atoms with E-state index in [0.29, 0.717) is 5.92 Å². The van der Waals surface area contributed by atoms with Crippen LogP contribution < -0.4 is 0 Å². The summed E-state index contributed by atoms with van der Waals surface area (Å²) < 4.78 is 2.96. The van der Waals surface area contributed by atoms with Gasteiger partial charge in [0.25, 0.3) is 0 Å². The number of hydrogen-bond donors (Lipinski definition) is 0. The highest BCUT2D eigenvalue weighted by atomic mass is 79.9. The Kier molecular flexibility index (Phi) is 3.84. The van der Waals surface area contributed by atoms with Crippen molar-refractivity contribution in [3.8, 4) is 0 Å². The second-order valence-corrected chi connectivity index (χ2v) is 6.00. The van der Waals surface area contributed by atoms with Gasteiger partial charge in [-0.1, -0.05) is 41.9 Å².